The van der Waals surface area contributed by atoms with Crippen molar-refractivity contribution in [2.24, 2.45) is 23.2 Å². The SMILES string of the molecule is CCC(C)C(=O)OC1CC(C)(O)C23CC(CC(OC(=O)c4ccoc4)C2(COC(C)=O)C1OC(=O)C(C)CC)C(C)(C)O3. The van der Waals surface area contributed by atoms with Crippen LogP contribution >= 0.6 is 0 Å². The highest BCUT2D eigenvalue weighted by Gasteiger charge is 2.81. The van der Waals surface area contributed by atoms with Crippen molar-refractivity contribution in [2.45, 2.75) is 123 Å². The van der Waals surface area contributed by atoms with E-state index in [2.05, 4.69) is 0 Å². The zero-order valence-electron chi connectivity index (χ0n) is 26.5. The topological polar surface area (TPSA) is 148 Å². The van der Waals surface area contributed by atoms with E-state index >= 15 is 0 Å². The molecule has 2 saturated carbocycles. The van der Waals surface area contributed by atoms with Crippen molar-refractivity contribution >= 4 is 23.9 Å². The van der Waals surface area contributed by atoms with E-state index in [-0.39, 0.29) is 24.3 Å². The van der Waals surface area contributed by atoms with Crippen molar-refractivity contribution in [3.63, 3.8) is 0 Å². The van der Waals surface area contributed by atoms with Gasteiger partial charge in [-0.05, 0) is 58.4 Å². The van der Waals surface area contributed by atoms with Gasteiger partial charge >= 0.3 is 23.9 Å². The maximum absolute atomic E-state index is 13.5. The van der Waals surface area contributed by atoms with Crippen LogP contribution in [0.3, 0.4) is 0 Å². The predicted molar refractivity (Wildman–Crippen MR) is 152 cm³/mol. The standard InChI is InChI=1S/C32H46O11/c1-9-18(3)26(34)40-23-15-30(8,37)32-14-22(29(6,7)43-32)13-24(41-28(36)21-11-12-38-16-21)31(32,17-39-20(5)33)25(23)42-27(35)19(4)10-2/h11-12,16,18-19,22-25,37H,9-10,13-15,17H2,1-8H3. The summed E-state index contributed by atoms with van der Waals surface area (Å²) >= 11 is 0. The van der Waals surface area contributed by atoms with Crippen molar-refractivity contribution < 1.29 is 52.4 Å². The van der Waals surface area contributed by atoms with Crippen LogP contribution in [0, 0.1) is 23.2 Å². The molecular formula is C32H46O11. The maximum atomic E-state index is 13.5. The van der Waals surface area contributed by atoms with Crippen molar-refractivity contribution in [1.29, 1.82) is 0 Å². The molecule has 0 amide bonds. The fourth-order valence-corrected chi connectivity index (χ4v) is 7.16. The molecule has 11 nitrogen and oxygen atoms in total. The van der Waals surface area contributed by atoms with Crippen LogP contribution < -0.4 is 0 Å². The molecule has 3 aliphatic rings. The Kier molecular flexibility index (Phi) is 9.11. The Hall–Kier alpha value is -2.92. The first-order valence-electron chi connectivity index (χ1n) is 15.2. The molecule has 1 aromatic heterocycles. The molecule has 9 unspecified atom stereocenters. The van der Waals surface area contributed by atoms with Gasteiger partial charge in [-0.3, -0.25) is 14.4 Å². The Morgan fingerprint density at radius 3 is 2.19 bits per heavy atom. The van der Waals surface area contributed by atoms with Crippen LogP contribution in [-0.2, 0) is 38.1 Å². The number of ether oxygens (including phenoxy) is 5. The molecule has 1 aromatic rings. The quantitative estimate of drug-likeness (QED) is 0.299. The second-order valence-corrected chi connectivity index (χ2v) is 13.3. The molecule has 1 saturated heterocycles. The van der Waals surface area contributed by atoms with E-state index in [4.69, 9.17) is 28.1 Å². The average molecular weight is 607 g/mol. The Labute approximate surface area is 252 Å². The number of hydrogen-bond acceptors (Lipinski definition) is 11. The third-order valence-electron chi connectivity index (χ3n) is 10.2. The second-order valence-electron chi connectivity index (χ2n) is 13.3. The maximum Gasteiger partial charge on any atom is 0.341 e. The molecule has 11 heteroatoms. The lowest BCUT2D eigenvalue weighted by Crippen LogP contribution is -2.80. The van der Waals surface area contributed by atoms with Gasteiger partial charge in [0.25, 0.3) is 0 Å². The smallest absolute Gasteiger partial charge is 0.341 e. The van der Waals surface area contributed by atoms with Crippen molar-refractivity contribution in [1.82, 2.24) is 0 Å². The van der Waals surface area contributed by atoms with Gasteiger partial charge in [0.2, 0.25) is 0 Å². The summed E-state index contributed by atoms with van der Waals surface area (Å²) in [6, 6.07) is 1.46. The highest BCUT2D eigenvalue weighted by Crippen LogP contribution is 2.68. The minimum Gasteiger partial charge on any atom is -0.472 e. The first-order valence-corrected chi connectivity index (χ1v) is 15.2. The monoisotopic (exact) mass is 606 g/mol. The Morgan fingerprint density at radius 1 is 1.00 bits per heavy atom. The van der Waals surface area contributed by atoms with Crippen LogP contribution in [-0.4, -0.2) is 70.7 Å². The molecule has 3 fully saturated rings. The van der Waals surface area contributed by atoms with E-state index < -0.39 is 82.8 Å². The van der Waals surface area contributed by atoms with Crippen molar-refractivity contribution in [3.05, 3.63) is 24.2 Å². The van der Waals surface area contributed by atoms with E-state index in [9.17, 15) is 24.3 Å². The highest BCUT2D eigenvalue weighted by molar-refractivity contribution is 5.89. The lowest BCUT2D eigenvalue weighted by molar-refractivity contribution is -0.338. The summed E-state index contributed by atoms with van der Waals surface area (Å²) in [6.45, 7) is 13.3. The van der Waals surface area contributed by atoms with Crippen LogP contribution in [0.2, 0.25) is 0 Å². The van der Waals surface area contributed by atoms with Gasteiger partial charge in [-0.25, -0.2) is 4.79 Å². The van der Waals surface area contributed by atoms with E-state index in [1.807, 2.05) is 27.7 Å². The predicted octanol–water partition coefficient (Wildman–Crippen LogP) is 4.38. The lowest BCUT2D eigenvalue weighted by Gasteiger charge is -2.64. The summed E-state index contributed by atoms with van der Waals surface area (Å²) in [5.74, 6) is -3.59. The number of hydrogen-bond donors (Lipinski definition) is 1. The third-order valence-corrected chi connectivity index (χ3v) is 10.2. The number of esters is 4. The normalized spacial score (nSPS) is 35.7. The zero-order chi connectivity index (χ0) is 32.0. The van der Waals surface area contributed by atoms with Gasteiger partial charge in [0.15, 0.2) is 6.10 Å². The molecule has 9 atom stereocenters. The molecule has 0 radical (unpaired) electrons. The fourth-order valence-electron chi connectivity index (χ4n) is 7.16. The first-order chi connectivity index (χ1) is 20.0. The Morgan fingerprint density at radius 2 is 1.63 bits per heavy atom. The largest absolute Gasteiger partial charge is 0.472 e. The molecule has 43 heavy (non-hydrogen) atoms. The number of carbonyl (C=O) groups is 4. The molecule has 1 N–H and O–H groups in total. The van der Waals surface area contributed by atoms with E-state index in [0.29, 0.717) is 19.3 Å². The number of aliphatic hydroxyl groups is 1. The Bertz CT molecular complexity index is 1200. The average Bonchev–Trinajstić information content (AvgIpc) is 3.55. The fraction of sp³-hybridized carbons (Fsp3) is 0.750. The number of carbonyl (C=O) groups excluding carboxylic acids is 4. The molecule has 2 heterocycles. The van der Waals surface area contributed by atoms with Gasteiger partial charge in [0.05, 0.1) is 34.9 Å². The van der Waals surface area contributed by atoms with E-state index in [1.165, 1.54) is 25.5 Å². The molecule has 0 aromatic carbocycles. The van der Waals surface area contributed by atoms with Crippen LogP contribution in [0.25, 0.3) is 0 Å². The summed E-state index contributed by atoms with van der Waals surface area (Å²) in [5.41, 5.74) is -5.52. The minimum absolute atomic E-state index is 0.124. The Balaban J connectivity index is 1.97. The van der Waals surface area contributed by atoms with Gasteiger partial charge in [-0.15, -0.1) is 0 Å². The third kappa shape index (κ3) is 5.59. The van der Waals surface area contributed by atoms with Gasteiger partial charge < -0.3 is 33.2 Å². The zero-order valence-corrected chi connectivity index (χ0v) is 26.5. The van der Waals surface area contributed by atoms with E-state index in [1.54, 1.807) is 20.8 Å². The van der Waals surface area contributed by atoms with E-state index in [0.717, 1.165) is 0 Å². The van der Waals surface area contributed by atoms with Gasteiger partial charge in [0.1, 0.15) is 36.1 Å². The minimum atomic E-state index is -1.69. The molecule has 2 bridgehead atoms. The lowest BCUT2D eigenvalue weighted by atomic mass is 9.47. The molecular weight excluding hydrogens is 560 g/mol. The van der Waals surface area contributed by atoms with Crippen LogP contribution in [0.5, 0.6) is 0 Å². The molecule has 4 rings (SSSR count). The molecule has 2 aliphatic carbocycles. The van der Waals surface area contributed by atoms with Crippen LogP contribution in [0.4, 0.5) is 0 Å². The van der Waals surface area contributed by atoms with Gasteiger partial charge in [0, 0.05) is 13.3 Å². The summed E-state index contributed by atoms with van der Waals surface area (Å²) in [5, 5.41) is 12.4. The number of fused-ring (bicyclic) bond motifs is 1. The van der Waals surface area contributed by atoms with Gasteiger partial charge in [-0.2, -0.15) is 0 Å². The molecule has 240 valence electrons. The highest BCUT2D eigenvalue weighted by atomic mass is 16.6. The molecule has 1 spiro atoms. The van der Waals surface area contributed by atoms with Gasteiger partial charge in [-0.1, -0.05) is 27.7 Å². The second kappa shape index (κ2) is 11.9. The summed E-state index contributed by atoms with van der Waals surface area (Å²) < 4.78 is 36.2. The summed E-state index contributed by atoms with van der Waals surface area (Å²) in [6.07, 6.45) is 0.471. The number of furan rings is 1. The van der Waals surface area contributed by atoms with Crippen LogP contribution in [0.1, 0.15) is 97.9 Å². The summed E-state index contributed by atoms with van der Waals surface area (Å²) in [4.78, 5) is 52.6. The first kappa shape index (κ1) is 33.0. The van der Waals surface area contributed by atoms with Crippen molar-refractivity contribution in [3.8, 4) is 0 Å². The molecule has 1 aliphatic heterocycles. The number of rotatable bonds is 10. The van der Waals surface area contributed by atoms with Crippen LogP contribution in [0.15, 0.2) is 23.0 Å². The summed E-state index contributed by atoms with van der Waals surface area (Å²) in [7, 11) is 0. The van der Waals surface area contributed by atoms with Crippen molar-refractivity contribution in [2.75, 3.05) is 6.61 Å².